The number of carbonyl (C=O) groups excluding carboxylic acids is 1. The molecule has 2 N–H and O–H groups in total. The van der Waals surface area contributed by atoms with E-state index in [2.05, 4.69) is 22.6 Å². The first-order valence-corrected chi connectivity index (χ1v) is 7.08. The standard InChI is InChI=1S/C15H22FN3O/c1-19-7-5-12(6-8-19)10-17-11-15(20)18-14-4-2-3-13(16)9-14/h2-4,9,12,17H,5-8,10-11H2,1H3,(H,18,20). The summed E-state index contributed by atoms with van der Waals surface area (Å²) in [6, 6.07) is 5.93. The number of nitrogens with zero attached hydrogens (tertiary/aromatic N) is 1. The summed E-state index contributed by atoms with van der Waals surface area (Å²) in [6.07, 6.45) is 2.35. The molecular formula is C15H22FN3O. The van der Waals surface area contributed by atoms with Gasteiger partial charge >= 0.3 is 0 Å². The predicted molar refractivity (Wildman–Crippen MR) is 78.1 cm³/mol. The van der Waals surface area contributed by atoms with Gasteiger partial charge in [0.05, 0.1) is 6.54 Å². The van der Waals surface area contributed by atoms with Crippen LogP contribution in [0.5, 0.6) is 0 Å². The van der Waals surface area contributed by atoms with E-state index in [9.17, 15) is 9.18 Å². The number of anilines is 1. The van der Waals surface area contributed by atoms with Gasteiger partial charge in [-0.1, -0.05) is 6.07 Å². The van der Waals surface area contributed by atoms with E-state index in [0.717, 1.165) is 19.6 Å². The number of piperidine rings is 1. The third-order valence-corrected chi connectivity index (χ3v) is 3.67. The molecule has 1 aromatic rings. The van der Waals surface area contributed by atoms with Crippen LogP contribution in [0.3, 0.4) is 0 Å². The van der Waals surface area contributed by atoms with Crippen LogP contribution in [0.15, 0.2) is 24.3 Å². The molecule has 20 heavy (non-hydrogen) atoms. The number of benzene rings is 1. The highest BCUT2D eigenvalue weighted by Gasteiger charge is 2.16. The van der Waals surface area contributed by atoms with Crippen molar-refractivity contribution in [3.05, 3.63) is 30.1 Å². The third-order valence-electron chi connectivity index (χ3n) is 3.67. The summed E-state index contributed by atoms with van der Waals surface area (Å²) in [5.74, 6) is 0.166. The second kappa shape index (κ2) is 7.36. The van der Waals surface area contributed by atoms with E-state index in [4.69, 9.17) is 0 Å². The maximum atomic E-state index is 13.0. The molecule has 0 unspecified atom stereocenters. The summed E-state index contributed by atoms with van der Waals surface area (Å²) in [6.45, 7) is 3.39. The maximum Gasteiger partial charge on any atom is 0.238 e. The molecule has 1 aromatic carbocycles. The summed E-state index contributed by atoms with van der Waals surface area (Å²) in [4.78, 5) is 14.0. The molecular weight excluding hydrogens is 257 g/mol. The lowest BCUT2D eigenvalue weighted by molar-refractivity contribution is -0.115. The smallest absolute Gasteiger partial charge is 0.238 e. The molecule has 0 aliphatic carbocycles. The van der Waals surface area contributed by atoms with E-state index in [1.807, 2.05) is 0 Å². The summed E-state index contributed by atoms with van der Waals surface area (Å²) < 4.78 is 13.0. The molecule has 0 aromatic heterocycles. The average molecular weight is 279 g/mol. The van der Waals surface area contributed by atoms with E-state index >= 15 is 0 Å². The van der Waals surface area contributed by atoms with E-state index in [0.29, 0.717) is 11.6 Å². The molecule has 0 radical (unpaired) electrons. The van der Waals surface area contributed by atoms with Gasteiger partial charge in [0.15, 0.2) is 0 Å². The van der Waals surface area contributed by atoms with Gasteiger partial charge in [0, 0.05) is 5.69 Å². The Morgan fingerprint density at radius 2 is 2.15 bits per heavy atom. The molecule has 1 fully saturated rings. The van der Waals surface area contributed by atoms with Crippen molar-refractivity contribution in [2.24, 2.45) is 5.92 Å². The molecule has 1 aliphatic heterocycles. The van der Waals surface area contributed by atoms with Crippen LogP contribution in [0.2, 0.25) is 0 Å². The molecule has 1 aliphatic rings. The van der Waals surface area contributed by atoms with E-state index in [1.54, 1.807) is 12.1 Å². The maximum absolute atomic E-state index is 13.0. The monoisotopic (exact) mass is 279 g/mol. The highest BCUT2D eigenvalue weighted by atomic mass is 19.1. The molecule has 2 rings (SSSR count). The minimum absolute atomic E-state index is 0.136. The van der Waals surface area contributed by atoms with Gasteiger partial charge in [-0.3, -0.25) is 4.79 Å². The highest BCUT2D eigenvalue weighted by molar-refractivity contribution is 5.92. The molecule has 1 heterocycles. The summed E-state index contributed by atoms with van der Waals surface area (Å²) in [5.41, 5.74) is 0.496. The zero-order chi connectivity index (χ0) is 14.4. The van der Waals surface area contributed by atoms with Crippen LogP contribution in [0, 0.1) is 11.7 Å². The van der Waals surface area contributed by atoms with Gasteiger partial charge in [0.1, 0.15) is 5.82 Å². The molecule has 0 saturated carbocycles. The lowest BCUT2D eigenvalue weighted by Gasteiger charge is -2.28. The summed E-state index contributed by atoms with van der Waals surface area (Å²) in [5, 5.41) is 5.86. The van der Waals surface area contributed by atoms with Crippen LogP contribution >= 0.6 is 0 Å². The number of hydrogen-bond acceptors (Lipinski definition) is 3. The van der Waals surface area contributed by atoms with Gasteiger partial charge in [-0.15, -0.1) is 0 Å². The van der Waals surface area contributed by atoms with Crippen molar-refractivity contribution < 1.29 is 9.18 Å². The first kappa shape index (κ1) is 14.9. The fourth-order valence-corrected chi connectivity index (χ4v) is 2.43. The van der Waals surface area contributed by atoms with Gasteiger partial charge < -0.3 is 15.5 Å². The van der Waals surface area contributed by atoms with Crippen LogP contribution in [-0.2, 0) is 4.79 Å². The topological polar surface area (TPSA) is 44.4 Å². The number of halogens is 1. The first-order valence-electron chi connectivity index (χ1n) is 7.08. The Hall–Kier alpha value is -1.46. The van der Waals surface area contributed by atoms with Gasteiger partial charge in [-0.25, -0.2) is 4.39 Å². The lowest BCUT2D eigenvalue weighted by Crippen LogP contribution is -2.37. The second-order valence-electron chi connectivity index (χ2n) is 5.44. The number of amides is 1. The lowest BCUT2D eigenvalue weighted by atomic mass is 9.97. The molecule has 110 valence electrons. The summed E-state index contributed by atoms with van der Waals surface area (Å²) in [7, 11) is 2.14. The van der Waals surface area contributed by atoms with Crippen molar-refractivity contribution in [3.63, 3.8) is 0 Å². The number of carbonyl (C=O) groups is 1. The quantitative estimate of drug-likeness (QED) is 0.862. The Morgan fingerprint density at radius 3 is 2.85 bits per heavy atom. The van der Waals surface area contributed by atoms with Crippen LogP contribution in [0.1, 0.15) is 12.8 Å². The van der Waals surface area contributed by atoms with Gasteiger partial charge in [-0.2, -0.15) is 0 Å². The van der Waals surface area contributed by atoms with E-state index < -0.39 is 0 Å². The van der Waals surface area contributed by atoms with E-state index in [1.165, 1.54) is 25.0 Å². The Balaban J connectivity index is 1.65. The van der Waals surface area contributed by atoms with Crippen molar-refractivity contribution in [1.29, 1.82) is 0 Å². The molecule has 5 heteroatoms. The minimum Gasteiger partial charge on any atom is -0.325 e. The number of hydrogen-bond donors (Lipinski definition) is 2. The van der Waals surface area contributed by atoms with Crippen LogP contribution in [0.25, 0.3) is 0 Å². The van der Waals surface area contributed by atoms with Gasteiger partial charge in [0.25, 0.3) is 0 Å². The highest BCUT2D eigenvalue weighted by Crippen LogP contribution is 2.14. The van der Waals surface area contributed by atoms with Gasteiger partial charge in [0.2, 0.25) is 5.91 Å². The zero-order valence-electron chi connectivity index (χ0n) is 11.9. The fraction of sp³-hybridized carbons (Fsp3) is 0.533. The number of nitrogens with one attached hydrogen (secondary N) is 2. The van der Waals surface area contributed by atoms with Crippen molar-refractivity contribution in [1.82, 2.24) is 10.2 Å². The van der Waals surface area contributed by atoms with E-state index in [-0.39, 0.29) is 18.3 Å². The first-order chi connectivity index (χ1) is 9.63. The van der Waals surface area contributed by atoms with Crippen LogP contribution in [0.4, 0.5) is 10.1 Å². The Morgan fingerprint density at radius 1 is 1.40 bits per heavy atom. The third kappa shape index (κ3) is 4.90. The molecule has 0 bridgehead atoms. The Kier molecular flexibility index (Phi) is 5.49. The average Bonchev–Trinajstić information content (AvgIpc) is 2.41. The fourth-order valence-electron chi connectivity index (χ4n) is 2.43. The van der Waals surface area contributed by atoms with Crippen LogP contribution in [-0.4, -0.2) is 44.0 Å². The van der Waals surface area contributed by atoms with Crippen molar-refractivity contribution >= 4 is 11.6 Å². The zero-order valence-corrected chi connectivity index (χ0v) is 11.9. The number of likely N-dealkylation sites (tertiary alicyclic amines) is 1. The second-order valence-corrected chi connectivity index (χ2v) is 5.44. The molecule has 1 saturated heterocycles. The Labute approximate surface area is 119 Å². The summed E-state index contributed by atoms with van der Waals surface area (Å²) >= 11 is 0. The normalized spacial score (nSPS) is 17.1. The minimum atomic E-state index is -0.345. The van der Waals surface area contributed by atoms with Crippen LogP contribution < -0.4 is 10.6 Å². The number of rotatable bonds is 5. The SMILES string of the molecule is CN1CCC(CNCC(=O)Nc2cccc(F)c2)CC1. The molecule has 0 spiro atoms. The predicted octanol–water partition coefficient (Wildman–Crippen LogP) is 1.70. The largest absolute Gasteiger partial charge is 0.325 e. The molecule has 1 amide bonds. The molecule has 4 nitrogen and oxygen atoms in total. The van der Waals surface area contributed by atoms with Crippen molar-refractivity contribution in [2.75, 3.05) is 38.5 Å². The Bertz CT molecular complexity index is 444. The molecule has 0 atom stereocenters. The van der Waals surface area contributed by atoms with Crippen molar-refractivity contribution in [3.8, 4) is 0 Å². The van der Waals surface area contributed by atoms with Gasteiger partial charge in [-0.05, 0) is 63.6 Å². The van der Waals surface area contributed by atoms with Crippen molar-refractivity contribution in [2.45, 2.75) is 12.8 Å².